The molecule has 1 saturated carbocycles. The molecule has 1 aromatic heterocycles. The van der Waals surface area contributed by atoms with Gasteiger partial charge < -0.3 is 10.8 Å². The van der Waals surface area contributed by atoms with Crippen molar-refractivity contribution in [1.82, 2.24) is 19.5 Å². The Morgan fingerprint density at radius 3 is 2.92 bits per heavy atom. The van der Waals surface area contributed by atoms with Crippen LogP contribution in [0.4, 0.5) is 5.95 Å². The van der Waals surface area contributed by atoms with Gasteiger partial charge in [0.15, 0.2) is 5.82 Å². The van der Waals surface area contributed by atoms with Crippen molar-refractivity contribution >= 4 is 24.0 Å². The van der Waals surface area contributed by atoms with Gasteiger partial charge in [-0.05, 0) is 36.6 Å². The number of nitrogens with two attached hydrogens (primary N) is 1. The molecule has 6 nitrogen and oxygen atoms in total. The monoisotopic (exact) mass is 341 g/mol. The Hall–Kier alpha value is -1.99. The molecular formula is C17H19N5OS. The zero-order valence-corrected chi connectivity index (χ0v) is 13.9. The van der Waals surface area contributed by atoms with Crippen LogP contribution in [-0.2, 0) is 0 Å². The number of nitrogens with one attached hydrogen (secondary N) is 1. The van der Waals surface area contributed by atoms with Crippen LogP contribution >= 0.6 is 11.9 Å². The number of nitrogens with zero attached hydrogens (tertiary/aromatic N) is 3. The second-order valence-corrected chi connectivity index (χ2v) is 7.79. The van der Waals surface area contributed by atoms with Gasteiger partial charge in [-0.1, -0.05) is 30.2 Å². The van der Waals surface area contributed by atoms with Gasteiger partial charge in [0.05, 0.1) is 6.04 Å². The molecule has 0 spiro atoms. The molecule has 2 fully saturated rings. The van der Waals surface area contributed by atoms with Crippen LogP contribution in [0.3, 0.4) is 0 Å². The SMILES string of the molecule is Nc1nc2n(n1)C1CCC(c3ccc(O)cc3)C3NSC(C=C2)C31. The summed E-state index contributed by atoms with van der Waals surface area (Å²) in [7, 11) is 0. The molecule has 1 aromatic carbocycles. The molecule has 0 bridgehead atoms. The van der Waals surface area contributed by atoms with Crippen LogP contribution in [0.5, 0.6) is 5.75 Å². The highest BCUT2D eigenvalue weighted by Crippen LogP contribution is 2.51. The lowest BCUT2D eigenvalue weighted by Crippen LogP contribution is -2.43. The van der Waals surface area contributed by atoms with Crippen LogP contribution in [0.1, 0.15) is 36.2 Å². The van der Waals surface area contributed by atoms with E-state index in [2.05, 4.69) is 27.0 Å². The number of rotatable bonds is 1. The van der Waals surface area contributed by atoms with Gasteiger partial charge in [-0.2, -0.15) is 4.98 Å². The van der Waals surface area contributed by atoms with Crippen molar-refractivity contribution < 1.29 is 5.11 Å². The number of fused-ring (bicyclic) bond motifs is 2. The zero-order chi connectivity index (χ0) is 16.3. The zero-order valence-electron chi connectivity index (χ0n) is 13.0. The molecule has 0 amide bonds. The van der Waals surface area contributed by atoms with E-state index in [1.807, 2.05) is 28.8 Å². The first kappa shape index (κ1) is 14.4. The second-order valence-electron chi connectivity index (χ2n) is 6.78. The fourth-order valence-electron chi connectivity index (χ4n) is 4.49. The van der Waals surface area contributed by atoms with Crippen LogP contribution in [-0.4, -0.2) is 31.2 Å². The summed E-state index contributed by atoms with van der Waals surface area (Å²) in [5.74, 6) is 2.44. The van der Waals surface area contributed by atoms with E-state index in [9.17, 15) is 5.11 Å². The summed E-state index contributed by atoms with van der Waals surface area (Å²) in [5, 5.41) is 14.4. The van der Waals surface area contributed by atoms with E-state index < -0.39 is 0 Å². The molecule has 5 atom stereocenters. The third kappa shape index (κ3) is 2.08. The van der Waals surface area contributed by atoms with Gasteiger partial charge in [-0.25, -0.2) is 4.68 Å². The predicted octanol–water partition coefficient (Wildman–Crippen LogP) is 2.32. The van der Waals surface area contributed by atoms with E-state index in [0.29, 0.717) is 40.9 Å². The van der Waals surface area contributed by atoms with Crippen molar-refractivity contribution in [3.63, 3.8) is 0 Å². The molecule has 24 heavy (non-hydrogen) atoms. The summed E-state index contributed by atoms with van der Waals surface area (Å²) in [4.78, 5) is 4.36. The number of anilines is 1. The van der Waals surface area contributed by atoms with Crippen LogP contribution in [0, 0.1) is 5.92 Å². The predicted molar refractivity (Wildman–Crippen MR) is 94.4 cm³/mol. The number of hydrogen-bond donors (Lipinski definition) is 3. The number of aromatic hydroxyl groups is 1. The minimum absolute atomic E-state index is 0.319. The number of phenols is 1. The highest BCUT2D eigenvalue weighted by Gasteiger charge is 2.49. The second kappa shape index (κ2) is 5.26. The standard InChI is InChI=1S/C17H19N5OS/c18-17-19-14-8-7-13-15-12(22(14)20-17)6-5-11(16(15)21-24-13)9-1-3-10(23)4-2-9/h1-4,7-8,11-13,15-16,21,23H,5-6H2,(H2,18,20). The first-order chi connectivity index (χ1) is 11.7. The van der Waals surface area contributed by atoms with Gasteiger partial charge in [-0.15, -0.1) is 5.10 Å². The van der Waals surface area contributed by atoms with Crippen LogP contribution in [0.15, 0.2) is 30.3 Å². The molecule has 0 radical (unpaired) electrons. The van der Waals surface area contributed by atoms with Crippen LogP contribution in [0.25, 0.3) is 6.08 Å². The number of aromatic nitrogens is 3. The maximum Gasteiger partial charge on any atom is 0.240 e. The van der Waals surface area contributed by atoms with Crippen molar-refractivity contribution in [1.29, 1.82) is 0 Å². The van der Waals surface area contributed by atoms with Gasteiger partial charge in [0.1, 0.15) is 5.75 Å². The van der Waals surface area contributed by atoms with Gasteiger partial charge in [0.2, 0.25) is 5.95 Å². The van der Waals surface area contributed by atoms with E-state index in [1.165, 1.54) is 5.56 Å². The van der Waals surface area contributed by atoms with Crippen molar-refractivity contribution in [2.24, 2.45) is 5.92 Å². The van der Waals surface area contributed by atoms with E-state index >= 15 is 0 Å². The first-order valence-electron chi connectivity index (χ1n) is 8.31. The Bertz CT molecular complexity index is 802. The summed E-state index contributed by atoms with van der Waals surface area (Å²) < 4.78 is 5.70. The Balaban J connectivity index is 1.54. The molecule has 1 saturated heterocycles. The minimum Gasteiger partial charge on any atom is -0.508 e. The normalized spacial score (nSPS) is 33.8. The number of hydrogen-bond acceptors (Lipinski definition) is 6. The smallest absolute Gasteiger partial charge is 0.240 e. The Morgan fingerprint density at radius 1 is 1.25 bits per heavy atom. The molecule has 4 N–H and O–H groups in total. The van der Waals surface area contributed by atoms with Crippen molar-refractivity contribution in [3.8, 4) is 5.75 Å². The molecule has 5 unspecified atom stereocenters. The Kier molecular flexibility index (Phi) is 3.14. The maximum absolute atomic E-state index is 9.56. The minimum atomic E-state index is 0.319. The third-order valence-corrected chi connectivity index (χ3v) is 6.68. The van der Waals surface area contributed by atoms with Gasteiger partial charge in [-0.3, -0.25) is 4.72 Å². The quantitative estimate of drug-likeness (QED) is 0.690. The maximum atomic E-state index is 9.56. The fourth-order valence-corrected chi connectivity index (χ4v) is 5.79. The first-order valence-corrected chi connectivity index (χ1v) is 9.19. The summed E-state index contributed by atoms with van der Waals surface area (Å²) in [6.07, 6.45) is 6.43. The summed E-state index contributed by atoms with van der Waals surface area (Å²) in [5.41, 5.74) is 7.12. The highest BCUT2D eigenvalue weighted by molar-refractivity contribution is 7.98. The van der Waals surface area contributed by atoms with E-state index in [0.717, 1.165) is 18.7 Å². The topological polar surface area (TPSA) is 89.0 Å². The van der Waals surface area contributed by atoms with Gasteiger partial charge in [0.25, 0.3) is 0 Å². The summed E-state index contributed by atoms with van der Waals surface area (Å²) >= 11 is 1.81. The van der Waals surface area contributed by atoms with Crippen molar-refractivity contribution in [3.05, 3.63) is 41.7 Å². The fraction of sp³-hybridized carbons (Fsp3) is 0.412. The Labute approximate surface area is 144 Å². The largest absolute Gasteiger partial charge is 0.508 e. The Morgan fingerprint density at radius 2 is 2.08 bits per heavy atom. The molecule has 2 aliphatic heterocycles. The number of nitrogen functional groups attached to an aromatic ring is 1. The van der Waals surface area contributed by atoms with E-state index in [4.69, 9.17) is 5.73 Å². The molecular weight excluding hydrogens is 322 g/mol. The van der Waals surface area contributed by atoms with E-state index in [1.54, 1.807) is 12.1 Å². The lowest BCUT2D eigenvalue weighted by Gasteiger charge is -2.40. The highest BCUT2D eigenvalue weighted by atomic mass is 32.2. The van der Waals surface area contributed by atoms with E-state index in [-0.39, 0.29) is 0 Å². The number of phenolic OH excluding ortho intramolecular Hbond substituents is 1. The molecule has 1 aliphatic carbocycles. The average molecular weight is 341 g/mol. The lowest BCUT2D eigenvalue weighted by atomic mass is 9.70. The molecule has 2 aromatic rings. The average Bonchev–Trinajstić information content (AvgIpc) is 3.13. The summed E-state index contributed by atoms with van der Waals surface area (Å²) in [6.45, 7) is 0. The summed E-state index contributed by atoms with van der Waals surface area (Å²) in [6, 6.07) is 8.36. The molecule has 3 heterocycles. The van der Waals surface area contributed by atoms with Crippen molar-refractivity contribution in [2.75, 3.05) is 5.73 Å². The lowest BCUT2D eigenvalue weighted by molar-refractivity contribution is 0.183. The van der Waals surface area contributed by atoms with Crippen LogP contribution < -0.4 is 10.5 Å². The van der Waals surface area contributed by atoms with Crippen LogP contribution in [0.2, 0.25) is 0 Å². The third-order valence-electron chi connectivity index (χ3n) is 5.53. The molecule has 124 valence electrons. The molecule has 5 rings (SSSR count). The molecule has 7 heteroatoms. The number of benzene rings is 1. The molecule has 3 aliphatic rings. The van der Waals surface area contributed by atoms with Gasteiger partial charge in [0, 0.05) is 23.1 Å². The van der Waals surface area contributed by atoms with Crippen molar-refractivity contribution in [2.45, 2.75) is 36.1 Å². The van der Waals surface area contributed by atoms with Gasteiger partial charge >= 0.3 is 0 Å².